The molecular formula is C9H17FN2O2. The molecule has 82 valence electrons. The van der Waals surface area contributed by atoms with Crippen LogP contribution in [0.25, 0.3) is 0 Å². The van der Waals surface area contributed by atoms with Crippen molar-refractivity contribution in [1.29, 1.82) is 0 Å². The van der Waals surface area contributed by atoms with Gasteiger partial charge in [0.2, 0.25) is 0 Å². The summed E-state index contributed by atoms with van der Waals surface area (Å²) in [4.78, 5) is 12.7. The summed E-state index contributed by atoms with van der Waals surface area (Å²) in [5, 5.41) is 0. The van der Waals surface area contributed by atoms with Crippen LogP contribution in [0.1, 0.15) is 20.8 Å². The Balaban J connectivity index is 2.48. The fraction of sp³-hybridized carbons (Fsp3) is 0.889. The quantitative estimate of drug-likeness (QED) is 0.638. The zero-order chi connectivity index (χ0) is 10.9. The van der Waals surface area contributed by atoms with Crippen molar-refractivity contribution < 1.29 is 13.9 Å². The van der Waals surface area contributed by atoms with Gasteiger partial charge in [0.1, 0.15) is 11.8 Å². The van der Waals surface area contributed by atoms with Gasteiger partial charge in [-0.1, -0.05) is 0 Å². The molecule has 1 heterocycles. The number of hydrogen-bond donors (Lipinski definition) is 1. The summed E-state index contributed by atoms with van der Waals surface area (Å²) in [5.41, 5.74) is 4.90. The number of halogens is 1. The first-order valence-electron chi connectivity index (χ1n) is 4.67. The number of hydrogen-bond acceptors (Lipinski definition) is 3. The lowest BCUT2D eigenvalue weighted by atomic mass is 10.2. The van der Waals surface area contributed by atoms with Gasteiger partial charge in [-0.15, -0.1) is 0 Å². The van der Waals surface area contributed by atoms with E-state index in [1.807, 2.05) is 0 Å². The van der Waals surface area contributed by atoms with Crippen molar-refractivity contribution in [2.75, 3.05) is 13.1 Å². The lowest BCUT2D eigenvalue weighted by molar-refractivity contribution is 0.0283. The molecule has 1 aliphatic rings. The maximum absolute atomic E-state index is 13.0. The van der Waals surface area contributed by atoms with Crippen LogP contribution in [0.5, 0.6) is 0 Å². The van der Waals surface area contributed by atoms with Crippen LogP contribution in [0.3, 0.4) is 0 Å². The topological polar surface area (TPSA) is 55.6 Å². The van der Waals surface area contributed by atoms with Gasteiger partial charge in [-0.25, -0.2) is 9.18 Å². The summed E-state index contributed by atoms with van der Waals surface area (Å²) in [5.74, 6) is 0. The molecule has 0 saturated carbocycles. The molecule has 4 nitrogen and oxygen atoms in total. The zero-order valence-corrected chi connectivity index (χ0v) is 8.79. The maximum atomic E-state index is 13.0. The van der Waals surface area contributed by atoms with Crippen molar-refractivity contribution >= 4 is 6.09 Å². The number of ether oxygens (including phenoxy) is 1. The van der Waals surface area contributed by atoms with E-state index in [4.69, 9.17) is 10.5 Å². The van der Waals surface area contributed by atoms with Crippen molar-refractivity contribution in [2.45, 2.75) is 38.6 Å². The maximum Gasteiger partial charge on any atom is 0.410 e. The molecule has 0 bridgehead atoms. The number of rotatable bonds is 0. The average Bonchev–Trinajstić information content (AvgIpc) is 2.28. The molecule has 1 saturated heterocycles. The SMILES string of the molecule is CC(C)(C)OC(=O)N1C[C@@H](N)[C@@H](F)C1. The van der Waals surface area contributed by atoms with Crippen LogP contribution < -0.4 is 5.73 Å². The first-order chi connectivity index (χ1) is 6.29. The molecule has 0 spiro atoms. The van der Waals surface area contributed by atoms with Crippen molar-refractivity contribution in [2.24, 2.45) is 5.73 Å². The standard InChI is InChI=1S/C9H17FN2O2/c1-9(2,3)14-8(13)12-4-6(10)7(11)5-12/h6-7H,4-5,11H2,1-3H3/t6-,7+/m0/s1. The molecule has 1 rings (SSSR count). The van der Waals surface area contributed by atoms with Crippen molar-refractivity contribution in [3.05, 3.63) is 0 Å². The van der Waals surface area contributed by atoms with E-state index >= 15 is 0 Å². The summed E-state index contributed by atoms with van der Waals surface area (Å²) in [6.07, 6.45) is -1.63. The molecule has 0 unspecified atom stereocenters. The number of likely N-dealkylation sites (tertiary alicyclic amines) is 1. The highest BCUT2D eigenvalue weighted by Gasteiger charge is 2.35. The number of carbonyl (C=O) groups is 1. The van der Waals surface area contributed by atoms with Crippen LogP contribution in [0.15, 0.2) is 0 Å². The van der Waals surface area contributed by atoms with E-state index in [-0.39, 0.29) is 13.1 Å². The van der Waals surface area contributed by atoms with Gasteiger partial charge in [0.05, 0.1) is 12.6 Å². The first kappa shape index (κ1) is 11.2. The summed E-state index contributed by atoms with van der Waals surface area (Å²) in [6, 6.07) is -0.581. The van der Waals surface area contributed by atoms with Crippen LogP contribution in [-0.4, -0.2) is 41.9 Å². The molecule has 1 fully saturated rings. The third-order valence-electron chi connectivity index (χ3n) is 1.94. The third-order valence-corrected chi connectivity index (χ3v) is 1.94. The van der Waals surface area contributed by atoms with Crippen LogP contribution in [0.4, 0.5) is 9.18 Å². The number of nitrogens with zero attached hydrogens (tertiary/aromatic N) is 1. The molecule has 1 aliphatic heterocycles. The van der Waals surface area contributed by atoms with E-state index in [1.54, 1.807) is 20.8 Å². The van der Waals surface area contributed by atoms with Gasteiger partial charge in [-0.2, -0.15) is 0 Å². The Hall–Kier alpha value is -0.840. The number of carbonyl (C=O) groups excluding carboxylic acids is 1. The minimum Gasteiger partial charge on any atom is -0.444 e. The molecule has 2 atom stereocenters. The fourth-order valence-electron chi connectivity index (χ4n) is 1.26. The second kappa shape index (κ2) is 3.73. The molecule has 1 amide bonds. The third kappa shape index (κ3) is 2.83. The summed E-state index contributed by atoms with van der Waals surface area (Å²) < 4.78 is 18.1. The van der Waals surface area contributed by atoms with Gasteiger partial charge < -0.3 is 15.4 Å². The van der Waals surface area contributed by atoms with E-state index < -0.39 is 23.9 Å². The Kier molecular flexibility index (Phi) is 2.99. The van der Waals surface area contributed by atoms with Crippen molar-refractivity contribution in [3.8, 4) is 0 Å². The second-order valence-electron chi connectivity index (χ2n) is 4.57. The van der Waals surface area contributed by atoms with Gasteiger partial charge in [-0.05, 0) is 20.8 Å². The van der Waals surface area contributed by atoms with Crippen LogP contribution in [0, 0.1) is 0 Å². The Labute approximate surface area is 83.2 Å². The Morgan fingerprint density at radius 2 is 2.07 bits per heavy atom. The van der Waals surface area contributed by atoms with Crippen LogP contribution >= 0.6 is 0 Å². The van der Waals surface area contributed by atoms with Crippen LogP contribution in [0.2, 0.25) is 0 Å². The Morgan fingerprint density at radius 3 is 2.43 bits per heavy atom. The molecule has 0 aromatic rings. The Bertz CT molecular complexity index is 217. The fourth-order valence-corrected chi connectivity index (χ4v) is 1.26. The van der Waals surface area contributed by atoms with Gasteiger partial charge in [-0.3, -0.25) is 0 Å². The van der Waals surface area contributed by atoms with Crippen LogP contribution in [-0.2, 0) is 4.74 Å². The van der Waals surface area contributed by atoms with Gasteiger partial charge in [0.15, 0.2) is 0 Å². The van der Waals surface area contributed by atoms with E-state index in [2.05, 4.69) is 0 Å². The Morgan fingerprint density at radius 1 is 1.50 bits per heavy atom. The largest absolute Gasteiger partial charge is 0.444 e. The van der Waals surface area contributed by atoms with Gasteiger partial charge >= 0.3 is 6.09 Å². The molecule has 0 aromatic heterocycles. The number of alkyl halides is 1. The van der Waals surface area contributed by atoms with Crippen molar-refractivity contribution in [1.82, 2.24) is 4.90 Å². The highest BCUT2D eigenvalue weighted by Crippen LogP contribution is 2.16. The summed E-state index contributed by atoms with van der Waals surface area (Å²) in [6.45, 7) is 5.58. The van der Waals surface area contributed by atoms with Gasteiger partial charge in [0.25, 0.3) is 0 Å². The van der Waals surface area contributed by atoms with E-state index in [0.717, 1.165) is 0 Å². The molecule has 5 heteroatoms. The average molecular weight is 204 g/mol. The minimum atomic E-state index is -1.14. The monoisotopic (exact) mass is 204 g/mol. The predicted molar refractivity (Wildman–Crippen MR) is 50.7 cm³/mol. The minimum absolute atomic E-state index is 0.0378. The smallest absolute Gasteiger partial charge is 0.410 e. The first-order valence-corrected chi connectivity index (χ1v) is 4.67. The molecule has 14 heavy (non-hydrogen) atoms. The highest BCUT2D eigenvalue weighted by molar-refractivity contribution is 5.68. The predicted octanol–water partition coefficient (Wildman–Crippen LogP) is 0.903. The highest BCUT2D eigenvalue weighted by atomic mass is 19.1. The zero-order valence-electron chi connectivity index (χ0n) is 8.79. The number of amides is 1. The molecule has 0 aromatic carbocycles. The molecular weight excluding hydrogens is 187 g/mol. The lowest BCUT2D eigenvalue weighted by Crippen LogP contribution is -2.36. The lowest BCUT2D eigenvalue weighted by Gasteiger charge is -2.24. The summed E-state index contributed by atoms with van der Waals surface area (Å²) in [7, 11) is 0. The normalized spacial score (nSPS) is 27.9. The molecule has 0 aliphatic carbocycles. The molecule has 2 N–H and O–H groups in total. The summed E-state index contributed by atoms with van der Waals surface area (Å²) >= 11 is 0. The second-order valence-corrected chi connectivity index (χ2v) is 4.57. The van der Waals surface area contributed by atoms with Gasteiger partial charge in [0, 0.05) is 6.54 Å². The number of nitrogens with two attached hydrogens (primary N) is 1. The molecule has 0 radical (unpaired) electrons. The van der Waals surface area contributed by atoms with E-state index in [0.29, 0.717) is 0 Å². The van der Waals surface area contributed by atoms with Crippen molar-refractivity contribution in [3.63, 3.8) is 0 Å². The van der Waals surface area contributed by atoms with E-state index in [1.165, 1.54) is 4.90 Å². The van der Waals surface area contributed by atoms with E-state index in [9.17, 15) is 9.18 Å².